The third-order valence-corrected chi connectivity index (χ3v) is 6.18. The molecule has 128 valence electrons. The molecule has 4 rings (SSSR count). The predicted octanol–water partition coefficient (Wildman–Crippen LogP) is 3.26. The van der Waals surface area contributed by atoms with Crippen LogP contribution >= 0.6 is 0 Å². The van der Waals surface area contributed by atoms with Crippen LogP contribution in [0, 0.1) is 24.2 Å². The summed E-state index contributed by atoms with van der Waals surface area (Å²) in [7, 11) is 0. The Balaban J connectivity index is 1.74. The van der Waals surface area contributed by atoms with Crippen LogP contribution in [0.25, 0.3) is 0 Å². The third kappa shape index (κ3) is 1.87. The van der Waals surface area contributed by atoms with Gasteiger partial charge in [-0.2, -0.15) is 0 Å². The van der Waals surface area contributed by atoms with E-state index in [1.807, 2.05) is 6.92 Å². The lowest BCUT2D eigenvalue weighted by Gasteiger charge is -2.48. The van der Waals surface area contributed by atoms with Crippen LogP contribution in [0.1, 0.15) is 49.7 Å². The first kappa shape index (κ1) is 15.5. The van der Waals surface area contributed by atoms with Crippen molar-refractivity contribution in [3.8, 4) is 0 Å². The zero-order chi connectivity index (χ0) is 17.2. The first-order chi connectivity index (χ1) is 11.3. The molecule has 3 aliphatic rings. The molecule has 0 N–H and O–H groups in total. The number of ether oxygens (including phenoxy) is 2. The van der Waals surface area contributed by atoms with Crippen molar-refractivity contribution in [2.24, 2.45) is 17.3 Å². The Morgan fingerprint density at radius 1 is 1.42 bits per heavy atom. The van der Waals surface area contributed by atoms with Gasteiger partial charge in [-0.3, -0.25) is 4.79 Å². The summed E-state index contributed by atoms with van der Waals surface area (Å²) in [5, 5.41) is 0. The van der Waals surface area contributed by atoms with Crippen molar-refractivity contribution in [3.63, 3.8) is 0 Å². The largest absolute Gasteiger partial charge is 0.469 e. The molecule has 0 amide bonds. The van der Waals surface area contributed by atoms with E-state index in [0.29, 0.717) is 12.0 Å². The summed E-state index contributed by atoms with van der Waals surface area (Å²) in [6, 6.07) is 0. The number of hydrogen-bond donors (Lipinski definition) is 0. The molecule has 24 heavy (non-hydrogen) atoms. The molecule has 0 unspecified atom stereocenters. The Bertz CT molecular complexity index is 745. The molecular weight excluding hydrogens is 308 g/mol. The van der Waals surface area contributed by atoms with Gasteiger partial charge in [0.1, 0.15) is 23.9 Å². The number of carbonyl (C=O) groups is 2. The van der Waals surface area contributed by atoms with Gasteiger partial charge in [-0.15, -0.1) is 0 Å². The molecule has 0 aromatic carbocycles. The van der Waals surface area contributed by atoms with Gasteiger partial charge in [0.25, 0.3) is 0 Å². The Morgan fingerprint density at radius 3 is 2.88 bits per heavy atom. The minimum Gasteiger partial charge on any atom is -0.469 e. The molecule has 5 nitrogen and oxygen atoms in total. The standard InChI is InChI=1S/C19H22O5/c1-9(2)17(20)23-12-6-5-11-7-13-14(10(3)8-22-13)16-19(11,4)15(12)18(21)24-16/h8,11-12,15-16H,1,5-7H2,2-4H3/t11-,12+,15-,16+,19+/m1/s1. The molecule has 1 aromatic rings. The van der Waals surface area contributed by atoms with Gasteiger partial charge < -0.3 is 13.9 Å². The summed E-state index contributed by atoms with van der Waals surface area (Å²) >= 11 is 0. The second kappa shape index (κ2) is 4.98. The van der Waals surface area contributed by atoms with Gasteiger partial charge in [-0.05, 0) is 38.2 Å². The molecule has 1 aliphatic heterocycles. The van der Waals surface area contributed by atoms with E-state index in [0.717, 1.165) is 29.7 Å². The third-order valence-electron chi connectivity index (χ3n) is 6.18. The zero-order valence-corrected chi connectivity index (χ0v) is 14.3. The first-order valence-corrected chi connectivity index (χ1v) is 8.47. The lowest BCUT2D eigenvalue weighted by Crippen LogP contribution is -2.51. The smallest absolute Gasteiger partial charge is 0.333 e. The number of rotatable bonds is 2. The number of carbonyl (C=O) groups excluding carboxylic acids is 2. The van der Waals surface area contributed by atoms with E-state index in [1.54, 1.807) is 13.2 Å². The quantitative estimate of drug-likeness (QED) is 0.615. The predicted molar refractivity (Wildman–Crippen MR) is 85.0 cm³/mol. The number of esters is 2. The molecule has 2 fully saturated rings. The van der Waals surface area contributed by atoms with Crippen LogP contribution in [0.15, 0.2) is 22.8 Å². The van der Waals surface area contributed by atoms with Crippen molar-refractivity contribution >= 4 is 11.9 Å². The van der Waals surface area contributed by atoms with E-state index >= 15 is 0 Å². The van der Waals surface area contributed by atoms with Crippen LogP contribution in [-0.4, -0.2) is 18.0 Å². The van der Waals surface area contributed by atoms with Gasteiger partial charge in [-0.1, -0.05) is 13.5 Å². The highest BCUT2D eigenvalue weighted by Crippen LogP contribution is 2.63. The normalized spacial score (nSPS) is 36.5. The van der Waals surface area contributed by atoms with Crippen LogP contribution in [0.5, 0.6) is 0 Å². The van der Waals surface area contributed by atoms with Gasteiger partial charge in [0.05, 0.1) is 6.26 Å². The Morgan fingerprint density at radius 2 is 2.17 bits per heavy atom. The summed E-state index contributed by atoms with van der Waals surface area (Å²) < 4.78 is 17.1. The maximum absolute atomic E-state index is 12.7. The highest BCUT2D eigenvalue weighted by Gasteiger charge is 2.66. The van der Waals surface area contributed by atoms with Gasteiger partial charge in [0.2, 0.25) is 0 Å². The fraction of sp³-hybridized carbons (Fsp3) is 0.579. The molecule has 1 saturated carbocycles. The monoisotopic (exact) mass is 330 g/mol. The average molecular weight is 330 g/mol. The fourth-order valence-corrected chi connectivity index (χ4v) is 4.90. The molecule has 5 heteroatoms. The van der Waals surface area contributed by atoms with E-state index in [1.165, 1.54) is 0 Å². The second-order valence-electron chi connectivity index (χ2n) is 7.62. The fourth-order valence-electron chi connectivity index (χ4n) is 4.90. The molecule has 1 aromatic heterocycles. The molecule has 0 bridgehead atoms. The Labute approximate surface area is 141 Å². The van der Waals surface area contributed by atoms with Crippen molar-refractivity contribution in [2.45, 2.75) is 52.2 Å². The summed E-state index contributed by atoms with van der Waals surface area (Å²) in [4.78, 5) is 24.7. The lowest BCUT2D eigenvalue weighted by atomic mass is 9.54. The molecule has 2 heterocycles. The average Bonchev–Trinajstić information content (AvgIpc) is 3.00. The Hall–Kier alpha value is -2.04. The van der Waals surface area contributed by atoms with Crippen molar-refractivity contribution < 1.29 is 23.5 Å². The highest BCUT2D eigenvalue weighted by atomic mass is 16.6. The van der Waals surface area contributed by atoms with Crippen molar-refractivity contribution in [3.05, 3.63) is 35.3 Å². The van der Waals surface area contributed by atoms with E-state index in [-0.39, 0.29) is 23.4 Å². The summed E-state index contributed by atoms with van der Waals surface area (Å²) in [6.07, 6.45) is 3.35. The van der Waals surface area contributed by atoms with E-state index < -0.39 is 18.0 Å². The van der Waals surface area contributed by atoms with Crippen LogP contribution in [-0.2, 0) is 25.5 Å². The molecule has 2 aliphatic carbocycles. The van der Waals surface area contributed by atoms with Crippen LogP contribution in [0.4, 0.5) is 0 Å². The summed E-state index contributed by atoms with van der Waals surface area (Å²) in [5.74, 6) is 0.101. The molecule has 1 saturated heterocycles. The number of hydrogen-bond acceptors (Lipinski definition) is 5. The van der Waals surface area contributed by atoms with E-state index in [4.69, 9.17) is 13.9 Å². The van der Waals surface area contributed by atoms with Crippen molar-refractivity contribution in [1.29, 1.82) is 0 Å². The zero-order valence-electron chi connectivity index (χ0n) is 14.3. The highest BCUT2D eigenvalue weighted by molar-refractivity contribution is 5.87. The summed E-state index contributed by atoms with van der Waals surface area (Å²) in [5.41, 5.74) is 2.01. The molecular formula is C19H22O5. The molecule has 5 atom stereocenters. The molecule has 0 radical (unpaired) electrons. The number of fused-ring (bicyclic) bond motifs is 2. The van der Waals surface area contributed by atoms with Crippen molar-refractivity contribution in [2.75, 3.05) is 0 Å². The maximum atomic E-state index is 12.7. The topological polar surface area (TPSA) is 65.7 Å². The number of aryl methyl sites for hydroxylation is 1. The lowest BCUT2D eigenvalue weighted by molar-refractivity contribution is -0.159. The first-order valence-electron chi connectivity index (χ1n) is 8.47. The van der Waals surface area contributed by atoms with Gasteiger partial charge in [-0.25, -0.2) is 4.79 Å². The molecule has 0 spiro atoms. The van der Waals surface area contributed by atoms with Gasteiger partial charge >= 0.3 is 11.9 Å². The van der Waals surface area contributed by atoms with E-state index in [9.17, 15) is 9.59 Å². The van der Waals surface area contributed by atoms with Gasteiger partial charge in [0.15, 0.2) is 0 Å². The van der Waals surface area contributed by atoms with E-state index in [2.05, 4.69) is 13.5 Å². The SMILES string of the molecule is C=C(C)C(=O)O[C@H]1CC[C@@H]2Cc3occ(C)c3[C@@H]3OC(=O)[C@@H]1[C@]23C. The Kier molecular flexibility index (Phi) is 3.21. The maximum Gasteiger partial charge on any atom is 0.333 e. The van der Waals surface area contributed by atoms with Crippen LogP contribution in [0.2, 0.25) is 0 Å². The van der Waals surface area contributed by atoms with Gasteiger partial charge in [0, 0.05) is 23.0 Å². The number of furan rings is 1. The second-order valence-corrected chi connectivity index (χ2v) is 7.62. The van der Waals surface area contributed by atoms with Crippen LogP contribution < -0.4 is 0 Å². The van der Waals surface area contributed by atoms with Crippen molar-refractivity contribution in [1.82, 2.24) is 0 Å². The summed E-state index contributed by atoms with van der Waals surface area (Å²) in [6.45, 7) is 9.34. The minimum absolute atomic E-state index is 0.264. The van der Waals surface area contributed by atoms with Crippen LogP contribution in [0.3, 0.4) is 0 Å². The minimum atomic E-state index is -0.443.